The van der Waals surface area contributed by atoms with Crippen LogP contribution in [0.4, 0.5) is 5.69 Å². The number of fused-ring (bicyclic) bond motifs is 4. The number of nitrogens with zero attached hydrogens (tertiary/aromatic N) is 2. The van der Waals surface area contributed by atoms with E-state index < -0.39 is 0 Å². The summed E-state index contributed by atoms with van der Waals surface area (Å²) in [7, 11) is 0. The first-order valence-corrected chi connectivity index (χ1v) is 11.3. The first kappa shape index (κ1) is 20.2. The number of piperidine rings is 1. The molecule has 3 heterocycles. The molecular weight excluding hydrogens is 402 g/mol. The molecule has 2 aliphatic heterocycles. The molecule has 0 aliphatic carbocycles. The molecule has 7 heteroatoms. The summed E-state index contributed by atoms with van der Waals surface area (Å²) in [6.45, 7) is 6.41. The molecule has 2 aromatic rings. The van der Waals surface area contributed by atoms with Crippen molar-refractivity contribution in [3.63, 3.8) is 0 Å². The molecule has 1 aromatic heterocycles. The number of hydrogen-bond acceptors (Lipinski definition) is 4. The number of thioether (sulfide) groups is 1. The van der Waals surface area contributed by atoms with E-state index in [2.05, 4.69) is 16.3 Å². The first-order chi connectivity index (χ1) is 13.9. The Labute approximate surface area is 180 Å². The molecule has 1 saturated heterocycles. The van der Waals surface area contributed by atoms with Crippen molar-refractivity contribution in [3.8, 4) is 0 Å². The van der Waals surface area contributed by atoms with Crippen LogP contribution in [0.25, 0.3) is 0 Å². The van der Waals surface area contributed by atoms with E-state index in [-0.39, 0.29) is 11.5 Å². The zero-order valence-electron chi connectivity index (χ0n) is 16.7. The van der Waals surface area contributed by atoms with E-state index in [1.807, 2.05) is 42.7 Å². The van der Waals surface area contributed by atoms with Gasteiger partial charge in [-0.2, -0.15) is 0 Å². The van der Waals surface area contributed by atoms with Gasteiger partial charge in [-0.05, 0) is 49.4 Å². The van der Waals surface area contributed by atoms with Gasteiger partial charge in [-0.25, -0.2) is 0 Å². The quantitative estimate of drug-likeness (QED) is 0.760. The van der Waals surface area contributed by atoms with Gasteiger partial charge < -0.3 is 14.8 Å². The second-order valence-corrected chi connectivity index (χ2v) is 9.63. The molecular formula is C22H25N3O2S2. The standard InChI is InChI=1S/C22H25N3O2S2/c1-14-6-7-15(2)18(8-14)23-20(26)13-29-22(28)24-10-16-9-17(12-24)19-4-3-5-21(27)25(19)11-16/h3-8,16-17H,9-13H2,1-2H3,(H,23,26). The Morgan fingerprint density at radius 3 is 2.86 bits per heavy atom. The Hall–Kier alpha value is -2.12. The average molecular weight is 428 g/mol. The highest BCUT2D eigenvalue weighted by Gasteiger charge is 2.35. The molecule has 1 amide bonds. The van der Waals surface area contributed by atoms with E-state index in [0.29, 0.717) is 17.6 Å². The topological polar surface area (TPSA) is 54.3 Å². The van der Waals surface area contributed by atoms with Gasteiger partial charge in [0.1, 0.15) is 4.32 Å². The number of benzene rings is 1. The number of rotatable bonds is 3. The smallest absolute Gasteiger partial charge is 0.250 e. The van der Waals surface area contributed by atoms with Crippen LogP contribution in [-0.4, -0.2) is 38.5 Å². The predicted octanol–water partition coefficient (Wildman–Crippen LogP) is 3.54. The molecule has 2 aliphatic rings. The van der Waals surface area contributed by atoms with Crippen molar-refractivity contribution in [3.05, 3.63) is 63.6 Å². The van der Waals surface area contributed by atoms with E-state index >= 15 is 0 Å². The second kappa shape index (κ2) is 8.32. The third kappa shape index (κ3) is 4.41. The first-order valence-electron chi connectivity index (χ1n) is 9.89. The van der Waals surface area contributed by atoms with Crippen LogP contribution in [0.5, 0.6) is 0 Å². The summed E-state index contributed by atoms with van der Waals surface area (Å²) >= 11 is 7.07. The number of carbonyl (C=O) groups is 1. The predicted molar refractivity (Wildman–Crippen MR) is 123 cm³/mol. The molecule has 1 fully saturated rings. The molecule has 4 rings (SSSR count). The number of amides is 1. The van der Waals surface area contributed by atoms with Crippen LogP contribution >= 0.6 is 24.0 Å². The van der Waals surface area contributed by atoms with Gasteiger partial charge in [-0.15, -0.1) is 0 Å². The summed E-state index contributed by atoms with van der Waals surface area (Å²) in [5.74, 6) is 0.996. The van der Waals surface area contributed by atoms with Gasteiger partial charge in [0.05, 0.1) is 5.75 Å². The molecule has 2 atom stereocenters. The summed E-state index contributed by atoms with van der Waals surface area (Å²) < 4.78 is 2.69. The lowest BCUT2D eigenvalue weighted by molar-refractivity contribution is -0.113. The van der Waals surface area contributed by atoms with Gasteiger partial charge in [0.15, 0.2) is 0 Å². The summed E-state index contributed by atoms with van der Waals surface area (Å²) in [4.78, 5) is 26.8. The molecule has 5 nitrogen and oxygen atoms in total. The van der Waals surface area contributed by atoms with Gasteiger partial charge in [-0.3, -0.25) is 9.59 Å². The number of aryl methyl sites for hydroxylation is 2. The molecule has 2 bridgehead atoms. The Morgan fingerprint density at radius 2 is 2.03 bits per heavy atom. The Kier molecular flexibility index (Phi) is 5.79. The van der Waals surface area contributed by atoms with Crippen molar-refractivity contribution < 1.29 is 4.79 Å². The van der Waals surface area contributed by atoms with Crippen LogP contribution in [0, 0.1) is 19.8 Å². The third-order valence-corrected chi connectivity index (χ3v) is 7.26. The number of hydrogen-bond donors (Lipinski definition) is 1. The summed E-state index contributed by atoms with van der Waals surface area (Å²) in [5, 5.41) is 2.99. The highest BCUT2D eigenvalue weighted by Crippen LogP contribution is 2.36. The largest absolute Gasteiger partial charge is 0.356 e. The van der Waals surface area contributed by atoms with Gasteiger partial charge in [0.25, 0.3) is 5.56 Å². The van der Waals surface area contributed by atoms with E-state index in [4.69, 9.17) is 12.2 Å². The van der Waals surface area contributed by atoms with Crippen LogP contribution < -0.4 is 10.9 Å². The zero-order valence-corrected chi connectivity index (χ0v) is 18.3. The summed E-state index contributed by atoms with van der Waals surface area (Å²) in [6, 6.07) is 11.6. The van der Waals surface area contributed by atoms with Gasteiger partial charge >= 0.3 is 0 Å². The van der Waals surface area contributed by atoms with E-state index in [0.717, 1.165) is 52.9 Å². The fourth-order valence-electron chi connectivity index (χ4n) is 4.32. The Bertz CT molecular complexity index is 1020. The third-order valence-electron chi connectivity index (χ3n) is 5.73. The number of anilines is 1. The lowest BCUT2D eigenvalue weighted by atomic mass is 9.83. The molecule has 152 valence electrons. The van der Waals surface area contributed by atoms with Crippen LogP contribution in [0.2, 0.25) is 0 Å². The fourth-order valence-corrected chi connectivity index (χ4v) is 5.31. The molecule has 29 heavy (non-hydrogen) atoms. The minimum absolute atomic E-state index is 0.0415. The van der Waals surface area contributed by atoms with Crippen LogP contribution in [0.3, 0.4) is 0 Å². The van der Waals surface area contributed by atoms with E-state index in [1.165, 1.54) is 11.8 Å². The molecule has 1 aromatic carbocycles. The molecule has 1 N–H and O–H groups in total. The Balaban J connectivity index is 1.36. The highest BCUT2D eigenvalue weighted by atomic mass is 32.2. The van der Waals surface area contributed by atoms with Crippen LogP contribution in [-0.2, 0) is 11.3 Å². The number of aromatic nitrogens is 1. The van der Waals surface area contributed by atoms with Crippen molar-refractivity contribution in [2.45, 2.75) is 32.7 Å². The number of nitrogens with one attached hydrogen (secondary N) is 1. The highest BCUT2D eigenvalue weighted by molar-refractivity contribution is 8.23. The Morgan fingerprint density at radius 1 is 1.21 bits per heavy atom. The van der Waals surface area contributed by atoms with Crippen molar-refractivity contribution in [2.24, 2.45) is 5.92 Å². The van der Waals surface area contributed by atoms with Gasteiger partial charge in [0.2, 0.25) is 5.91 Å². The number of likely N-dealkylation sites (tertiary alicyclic amines) is 1. The number of thiocarbonyl (C=S) groups is 1. The maximum Gasteiger partial charge on any atom is 0.250 e. The lowest BCUT2D eigenvalue weighted by Crippen LogP contribution is -2.48. The monoisotopic (exact) mass is 427 g/mol. The minimum Gasteiger partial charge on any atom is -0.356 e. The molecule has 0 radical (unpaired) electrons. The average Bonchev–Trinajstić information content (AvgIpc) is 2.69. The van der Waals surface area contributed by atoms with Crippen molar-refractivity contribution in [1.29, 1.82) is 0 Å². The second-order valence-electron chi connectivity index (χ2n) is 8.02. The normalized spacial score (nSPS) is 20.1. The van der Waals surface area contributed by atoms with E-state index in [1.54, 1.807) is 6.07 Å². The van der Waals surface area contributed by atoms with Gasteiger partial charge in [0, 0.05) is 43.0 Å². The molecule has 0 spiro atoms. The number of pyridine rings is 1. The fraction of sp³-hybridized carbons (Fsp3) is 0.409. The van der Waals surface area contributed by atoms with Crippen molar-refractivity contribution in [1.82, 2.24) is 9.47 Å². The van der Waals surface area contributed by atoms with Crippen LogP contribution in [0.15, 0.2) is 41.2 Å². The van der Waals surface area contributed by atoms with Crippen LogP contribution in [0.1, 0.15) is 29.2 Å². The SMILES string of the molecule is Cc1ccc(C)c(NC(=O)CSC(=S)N2CC3CC(C2)c2cccc(=O)n2C3)c1. The van der Waals surface area contributed by atoms with Crippen molar-refractivity contribution in [2.75, 3.05) is 24.2 Å². The maximum atomic E-state index is 12.4. The maximum absolute atomic E-state index is 12.4. The number of carbonyl (C=O) groups excluding carboxylic acids is 1. The molecule has 0 saturated carbocycles. The zero-order chi connectivity index (χ0) is 20.5. The van der Waals surface area contributed by atoms with Gasteiger partial charge in [-0.1, -0.05) is 42.2 Å². The lowest BCUT2D eigenvalue weighted by Gasteiger charge is -2.43. The molecule has 2 unspecified atom stereocenters. The summed E-state index contributed by atoms with van der Waals surface area (Å²) in [5.41, 5.74) is 4.23. The summed E-state index contributed by atoms with van der Waals surface area (Å²) in [6.07, 6.45) is 1.10. The van der Waals surface area contributed by atoms with E-state index in [9.17, 15) is 9.59 Å². The van der Waals surface area contributed by atoms with Crippen molar-refractivity contribution >= 4 is 39.9 Å². The minimum atomic E-state index is -0.0415.